The molecule has 10 heteroatoms. The normalized spacial score (nSPS) is 17.4. The Morgan fingerprint density at radius 2 is 2.26 bits per heavy atom. The Balaban J connectivity index is 1.50. The monoisotopic (exact) mass is 474 g/mol. The van der Waals surface area contributed by atoms with Gasteiger partial charge in [-0.1, -0.05) is 29.4 Å². The van der Waals surface area contributed by atoms with Gasteiger partial charge in [0.2, 0.25) is 5.89 Å². The summed E-state index contributed by atoms with van der Waals surface area (Å²) in [5, 5.41) is 11.8. The van der Waals surface area contributed by atoms with Crippen LogP contribution < -0.4 is 5.56 Å². The summed E-state index contributed by atoms with van der Waals surface area (Å²) in [6.45, 7) is 3.15. The summed E-state index contributed by atoms with van der Waals surface area (Å²) < 4.78 is 13.4. The summed E-state index contributed by atoms with van der Waals surface area (Å²) in [7, 11) is 0. The number of aromatic nitrogens is 4. The van der Waals surface area contributed by atoms with E-state index in [9.17, 15) is 4.79 Å². The average Bonchev–Trinajstić information content (AvgIpc) is 3.53. The van der Waals surface area contributed by atoms with Crippen molar-refractivity contribution in [1.29, 1.82) is 0 Å². The van der Waals surface area contributed by atoms with Crippen LogP contribution in [-0.2, 0) is 11.3 Å². The molecule has 1 saturated heterocycles. The highest BCUT2D eigenvalue weighted by atomic mass is 35.5. The van der Waals surface area contributed by atoms with Crippen LogP contribution in [0, 0.1) is 0 Å². The molecule has 0 unspecified atom stereocenters. The first-order chi connectivity index (χ1) is 15.1. The first-order valence-corrected chi connectivity index (χ1v) is 12.1. The quantitative estimate of drug-likeness (QED) is 0.280. The van der Waals surface area contributed by atoms with Crippen LogP contribution in [0.1, 0.15) is 30.9 Å². The molecular formula is C21H19ClN4O3S2. The second kappa shape index (κ2) is 8.74. The van der Waals surface area contributed by atoms with E-state index in [0.717, 1.165) is 24.3 Å². The van der Waals surface area contributed by atoms with Crippen molar-refractivity contribution in [2.75, 3.05) is 6.61 Å². The minimum absolute atomic E-state index is 0.00717. The molecular weight excluding hydrogens is 456 g/mol. The molecule has 3 aromatic heterocycles. The molecule has 160 valence electrons. The van der Waals surface area contributed by atoms with Gasteiger partial charge in [-0.2, -0.15) is 0 Å². The largest absolute Gasteiger partial charge is 0.419 e. The van der Waals surface area contributed by atoms with Crippen molar-refractivity contribution in [3.63, 3.8) is 0 Å². The molecule has 4 aromatic rings. The number of hydrogen-bond donors (Lipinski definition) is 0. The summed E-state index contributed by atoms with van der Waals surface area (Å²) in [5.41, 5.74) is 0.470. The summed E-state index contributed by atoms with van der Waals surface area (Å²) >= 11 is 9.10. The molecule has 31 heavy (non-hydrogen) atoms. The van der Waals surface area contributed by atoms with E-state index >= 15 is 0 Å². The van der Waals surface area contributed by atoms with E-state index in [2.05, 4.69) is 10.2 Å². The molecule has 1 fully saturated rings. The highest BCUT2D eigenvalue weighted by Crippen LogP contribution is 2.35. The van der Waals surface area contributed by atoms with E-state index in [4.69, 9.17) is 25.7 Å². The lowest BCUT2D eigenvalue weighted by atomic mass is 10.2. The maximum absolute atomic E-state index is 13.3. The van der Waals surface area contributed by atoms with E-state index in [1.54, 1.807) is 34.1 Å². The molecule has 1 aromatic carbocycles. The molecule has 1 aliphatic heterocycles. The maximum atomic E-state index is 13.3. The predicted octanol–water partition coefficient (Wildman–Crippen LogP) is 5.19. The van der Waals surface area contributed by atoms with Crippen molar-refractivity contribution in [2.24, 2.45) is 0 Å². The van der Waals surface area contributed by atoms with Crippen molar-refractivity contribution in [3.05, 3.63) is 57.0 Å². The molecule has 0 amide bonds. The van der Waals surface area contributed by atoms with Crippen molar-refractivity contribution in [1.82, 2.24) is 19.7 Å². The maximum Gasteiger partial charge on any atom is 0.262 e. The number of nitrogens with zero attached hydrogens (tertiary/aromatic N) is 4. The van der Waals surface area contributed by atoms with Crippen LogP contribution in [-0.4, -0.2) is 32.5 Å². The Morgan fingerprint density at radius 1 is 1.35 bits per heavy atom. The van der Waals surface area contributed by atoms with Gasteiger partial charge in [-0.3, -0.25) is 9.36 Å². The van der Waals surface area contributed by atoms with E-state index in [0.29, 0.717) is 39.4 Å². The van der Waals surface area contributed by atoms with Crippen LogP contribution in [0.4, 0.5) is 0 Å². The number of benzene rings is 1. The second-order valence-corrected chi connectivity index (χ2v) is 9.98. The van der Waals surface area contributed by atoms with Crippen LogP contribution >= 0.6 is 34.7 Å². The molecule has 2 atom stereocenters. The van der Waals surface area contributed by atoms with Crippen molar-refractivity contribution in [2.45, 2.75) is 42.8 Å². The topological polar surface area (TPSA) is 83.0 Å². The Labute approximate surface area is 191 Å². The van der Waals surface area contributed by atoms with Gasteiger partial charge in [0.05, 0.1) is 33.7 Å². The average molecular weight is 475 g/mol. The molecule has 0 aliphatic carbocycles. The highest BCUT2D eigenvalue weighted by Gasteiger charge is 2.24. The minimum atomic E-state index is -0.194. The van der Waals surface area contributed by atoms with Gasteiger partial charge in [0, 0.05) is 11.6 Å². The minimum Gasteiger partial charge on any atom is -0.419 e. The molecule has 0 bridgehead atoms. The summed E-state index contributed by atoms with van der Waals surface area (Å²) in [6.07, 6.45) is 1.94. The van der Waals surface area contributed by atoms with Gasteiger partial charge < -0.3 is 9.15 Å². The summed E-state index contributed by atoms with van der Waals surface area (Å²) in [5.74, 6) is 0.977. The number of fused-ring (bicyclic) bond motifs is 1. The van der Waals surface area contributed by atoms with Crippen LogP contribution in [0.5, 0.6) is 0 Å². The lowest BCUT2D eigenvalue weighted by Gasteiger charge is -2.17. The summed E-state index contributed by atoms with van der Waals surface area (Å²) in [6, 6.07) is 9.03. The Morgan fingerprint density at radius 3 is 3.03 bits per heavy atom. The molecule has 0 spiro atoms. The molecule has 1 aliphatic rings. The van der Waals surface area contributed by atoms with E-state index in [1.165, 1.54) is 11.8 Å². The van der Waals surface area contributed by atoms with Gasteiger partial charge in [0.1, 0.15) is 0 Å². The number of thioether (sulfide) groups is 1. The second-order valence-electron chi connectivity index (χ2n) is 7.29. The van der Waals surface area contributed by atoms with Crippen LogP contribution in [0.25, 0.3) is 21.7 Å². The molecule has 7 nitrogen and oxygen atoms in total. The van der Waals surface area contributed by atoms with Gasteiger partial charge in [0.15, 0.2) is 5.16 Å². The Kier molecular flexibility index (Phi) is 5.83. The number of halogens is 1. The molecule has 0 saturated carbocycles. The number of ether oxygens (including phenoxy) is 1. The number of rotatable bonds is 6. The van der Waals surface area contributed by atoms with Crippen molar-refractivity contribution in [3.8, 4) is 10.8 Å². The van der Waals surface area contributed by atoms with Gasteiger partial charge in [-0.15, -0.1) is 21.5 Å². The fourth-order valence-corrected chi connectivity index (χ4v) is 5.28. The third-order valence-corrected chi connectivity index (χ3v) is 7.27. The van der Waals surface area contributed by atoms with Crippen molar-refractivity contribution < 1.29 is 9.15 Å². The summed E-state index contributed by atoms with van der Waals surface area (Å²) in [4.78, 5) is 19.0. The molecule has 5 rings (SSSR count). The van der Waals surface area contributed by atoms with E-state index in [1.807, 2.05) is 24.4 Å². The number of hydrogen-bond acceptors (Lipinski definition) is 8. The number of thiophene rings is 1. The third kappa shape index (κ3) is 4.27. The fraction of sp³-hybridized carbons (Fsp3) is 0.333. The first-order valence-electron chi connectivity index (χ1n) is 9.94. The lowest BCUT2D eigenvalue weighted by molar-refractivity contribution is 0.0937. The molecule has 0 N–H and O–H groups in total. The molecule has 0 radical (unpaired) electrons. The van der Waals surface area contributed by atoms with Crippen LogP contribution in [0.15, 0.2) is 50.1 Å². The Bertz CT molecular complexity index is 1270. The third-order valence-electron chi connectivity index (χ3n) is 5.10. The molecule has 4 heterocycles. The lowest BCUT2D eigenvalue weighted by Crippen LogP contribution is -2.29. The zero-order valence-corrected chi connectivity index (χ0v) is 19.0. The predicted molar refractivity (Wildman–Crippen MR) is 122 cm³/mol. The smallest absolute Gasteiger partial charge is 0.262 e. The van der Waals surface area contributed by atoms with Gasteiger partial charge in [-0.25, -0.2) is 4.98 Å². The van der Waals surface area contributed by atoms with Gasteiger partial charge >= 0.3 is 0 Å². The van der Waals surface area contributed by atoms with Gasteiger partial charge in [0.25, 0.3) is 11.4 Å². The Hall–Kier alpha value is -2.20. The SMILES string of the molecule is C[C@@H](Sc1nc2cc(Cl)ccc2c(=O)n1C[C@H]1CCCO1)c1nnc(-c2cccs2)o1. The highest BCUT2D eigenvalue weighted by molar-refractivity contribution is 7.99. The zero-order valence-electron chi connectivity index (χ0n) is 16.7. The van der Waals surface area contributed by atoms with Crippen molar-refractivity contribution >= 4 is 45.6 Å². The standard InChI is InChI=1S/C21H19ClN4O3S2/c1-12(18-24-25-19(29-18)17-5-3-9-30-17)31-21-23-16-10-13(22)6-7-15(16)20(27)26(21)11-14-4-2-8-28-14/h3,5-7,9-10,12,14H,2,4,8,11H2,1H3/t12-,14-/m1/s1. The van der Waals surface area contributed by atoms with E-state index < -0.39 is 0 Å². The fourth-order valence-electron chi connectivity index (χ4n) is 3.52. The van der Waals surface area contributed by atoms with E-state index in [-0.39, 0.29) is 16.9 Å². The zero-order chi connectivity index (χ0) is 21.4. The first kappa shape index (κ1) is 20.7. The van der Waals surface area contributed by atoms with Crippen LogP contribution in [0.3, 0.4) is 0 Å². The van der Waals surface area contributed by atoms with Crippen LogP contribution in [0.2, 0.25) is 5.02 Å². The van der Waals surface area contributed by atoms with Gasteiger partial charge in [-0.05, 0) is 49.4 Å².